The first-order valence-electron chi connectivity index (χ1n) is 10.6. The van der Waals surface area contributed by atoms with Crippen molar-refractivity contribution in [3.8, 4) is 0 Å². The van der Waals surface area contributed by atoms with E-state index in [0.717, 1.165) is 55.4 Å². The van der Waals surface area contributed by atoms with Crippen LogP contribution >= 0.6 is 0 Å². The number of benzene rings is 1. The highest BCUT2D eigenvalue weighted by Crippen LogP contribution is 2.26. The topological polar surface area (TPSA) is 75.9 Å². The number of hydrogen-bond donors (Lipinski definition) is 0. The van der Waals surface area contributed by atoms with Gasteiger partial charge in [0, 0.05) is 50.4 Å². The molecule has 8 nitrogen and oxygen atoms in total. The van der Waals surface area contributed by atoms with Crippen molar-refractivity contribution in [2.75, 3.05) is 37.7 Å². The van der Waals surface area contributed by atoms with E-state index >= 15 is 0 Å². The zero-order chi connectivity index (χ0) is 21.8. The number of halogens is 1. The van der Waals surface area contributed by atoms with Crippen molar-refractivity contribution in [2.45, 2.75) is 33.2 Å². The van der Waals surface area contributed by atoms with E-state index in [9.17, 15) is 9.18 Å². The summed E-state index contributed by atoms with van der Waals surface area (Å²) in [6, 6.07) is 6.67. The standard InChI is InChI=1S/C22H27FN6O2/c1-3-31-20(30)9-8-19-16(2)26-22-24-15-25-29(22)21(19)28-12-10-27(11-13-28)14-17-4-6-18(23)7-5-17/h4-7,15H,3,8-14H2,1-2H3. The van der Waals surface area contributed by atoms with E-state index < -0.39 is 0 Å². The van der Waals surface area contributed by atoms with Gasteiger partial charge in [-0.05, 0) is 38.0 Å². The zero-order valence-corrected chi connectivity index (χ0v) is 17.9. The number of hydrogen-bond acceptors (Lipinski definition) is 7. The highest BCUT2D eigenvalue weighted by molar-refractivity contribution is 5.70. The van der Waals surface area contributed by atoms with Crippen LogP contribution in [0.4, 0.5) is 10.2 Å². The maximum Gasteiger partial charge on any atom is 0.306 e. The van der Waals surface area contributed by atoms with Crippen LogP contribution in [0.2, 0.25) is 0 Å². The summed E-state index contributed by atoms with van der Waals surface area (Å²) in [6.07, 6.45) is 2.35. The molecule has 0 unspecified atom stereocenters. The average Bonchev–Trinajstić information content (AvgIpc) is 3.22. The van der Waals surface area contributed by atoms with Crippen LogP contribution in [0, 0.1) is 12.7 Å². The normalized spacial score (nSPS) is 14.9. The lowest BCUT2D eigenvalue weighted by atomic mass is 10.1. The van der Waals surface area contributed by atoms with Crippen molar-refractivity contribution in [1.82, 2.24) is 24.5 Å². The Kier molecular flexibility index (Phi) is 6.41. The number of aromatic nitrogens is 4. The number of esters is 1. The lowest BCUT2D eigenvalue weighted by molar-refractivity contribution is -0.143. The van der Waals surface area contributed by atoms with Crippen LogP contribution in [0.25, 0.3) is 5.78 Å². The molecular formula is C22H27FN6O2. The van der Waals surface area contributed by atoms with Gasteiger partial charge in [-0.2, -0.15) is 14.6 Å². The van der Waals surface area contributed by atoms with Crippen molar-refractivity contribution < 1.29 is 13.9 Å². The smallest absolute Gasteiger partial charge is 0.306 e. The highest BCUT2D eigenvalue weighted by atomic mass is 19.1. The zero-order valence-electron chi connectivity index (χ0n) is 17.9. The molecular weight excluding hydrogens is 399 g/mol. The van der Waals surface area contributed by atoms with Gasteiger partial charge in [0.1, 0.15) is 18.0 Å². The highest BCUT2D eigenvalue weighted by Gasteiger charge is 2.24. The van der Waals surface area contributed by atoms with Crippen LogP contribution in [-0.4, -0.2) is 63.2 Å². The molecule has 0 atom stereocenters. The molecule has 0 spiro atoms. The molecule has 1 fully saturated rings. The summed E-state index contributed by atoms with van der Waals surface area (Å²) < 4.78 is 20.0. The molecule has 0 bridgehead atoms. The van der Waals surface area contributed by atoms with E-state index in [-0.39, 0.29) is 11.8 Å². The molecule has 1 aromatic carbocycles. The second-order valence-corrected chi connectivity index (χ2v) is 7.67. The number of nitrogens with zero attached hydrogens (tertiary/aromatic N) is 6. The summed E-state index contributed by atoms with van der Waals surface area (Å²) >= 11 is 0. The van der Waals surface area contributed by atoms with Crippen molar-refractivity contribution in [3.63, 3.8) is 0 Å². The Morgan fingerprint density at radius 3 is 2.61 bits per heavy atom. The average molecular weight is 426 g/mol. The van der Waals surface area contributed by atoms with E-state index in [0.29, 0.717) is 25.2 Å². The number of piperazine rings is 1. The largest absolute Gasteiger partial charge is 0.466 e. The first-order valence-corrected chi connectivity index (χ1v) is 10.6. The Bertz CT molecular complexity index is 1040. The Morgan fingerprint density at radius 1 is 1.16 bits per heavy atom. The number of carbonyl (C=O) groups excluding carboxylic acids is 1. The molecule has 1 aliphatic rings. The maximum absolute atomic E-state index is 13.2. The third kappa shape index (κ3) is 4.82. The molecule has 0 radical (unpaired) electrons. The lowest BCUT2D eigenvalue weighted by Crippen LogP contribution is -2.47. The summed E-state index contributed by atoms with van der Waals surface area (Å²) in [4.78, 5) is 25.4. The summed E-state index contributed by atoms with van der Waals surface area (Å²) in [6.45, 7) is 8.28. The summed E-state index contributed by atoms with van der Waals surface area (Å²) in [5.74, 6) is 1.08. The van der Waals surface area contributed by atoms with Crippen LogP contribution in [0.15, 0.2) is 30.6 Å². The van der Waals surface area contributed by atoms with E-state index in [1.807, 2.05) is 26.0 Å². The molecule has 9 heteroatoms. The van der Waals surface area contributed by atoms with Crippen molar-refractivity contribution in [1.29, 1.82) is 0 Å². The van der Waals surface area contributed by atoms with Crippen molar-refractivity contribution in [3.05, 3.63) is 53.2 Å². The SMILES string of the molecule is CCOC(=O)CCc1c(C)nc2ncnn2c1N1CCN(Cc2ccc(F)cc2)CC1. The van der Waals surface area contributed by atoms with Crippen LogP contribution in [0.5, 0.6) is 0 Å². The van der Waals surface area contributed by atoms with Gasteiger partial charge in [0.2, 0.25) is 0 Å². The van der Waals surface area contributed by atoms with Crippen LogP contribution in [0.1, 0.15) is 30.2 Å². The quantitative estimate of drug-likeness (QED) is 0.537. The van der Waals surface area contributed by atoms with Gasteiger partial charge < -0.3 is 9.64 Å². The van der Waals surface area contributed by atoms with Crippen molar-refractivity contribution in [2.24, 2.45) is 0 Å². The fourth-order valence-electron chi connectivity index (χ4n) is 4.01. The summed E-state index contributed by atoms with van der Waals surface area (Å²) in [5, 5.41) is 4.39. The minimum absolute atomic E-state index is 0.212. The first-order chi connectivity index (χ1) is 15.0. The molecule has 0 aliphatic carbocycles. The maximum atomic E-state index is 13.2. The molecule has 3 aromatic rings. The van der Waals surface area contributed by atoms with Gasteiger partial charge in [-0.3, -0.25) is 9.69 Å². The molecule has 0 amide bonds. The molecule has 1 saturated heterocycles. The molecule has 0 saturated carbocycles. The second kappa shape index (κ2) is 9.38. The minimum Gasteiger partial charge on any atom is -0.466 e. The van der Waals surface area contributed by atoms with Gasteiger partial charge in [-0.15, -0.1) is 0 Å². The number of anilines is 1. The third-order valence-electron chi connectivity index (χ3n) is 5.58. The number of carbonyl (C=O) groups is 1. The van der Waals surface area contributed by atoms with E-state index in [4.69, 9.17) is 4.74 Å². The molecule has 2 aromatic heterocycles. The first kappa shape index (κ1) is 21.2. The van der Waals surface area contributed by atoms with Gasteiger partial charge in [0.05, 0.1) is 6.61 Å². The van der Waals surface area contributed by atoms with Crippen molar-refractivity contribution >= 4 is 17.6 Å². The fraction of sp³-hybridized carbons (Fsp3) is 0.455. The Hall–Kier alpha value is -3.07. The predicted molar refractivity (Wildman–Crippen MR) is 114 cm³/mol. The molecule has 4 rings (SSSR count). The number of ether oxygens (including phenoxy) is 1. The van der Waals surface area contributed by atoms with E-state index in [1.54, 1.807) is 4.52 Å². The van der Waals surface area contributed by atoms with Gasteiger partial charge in [0.25, 0.3) is 5.78 Å². The third-order valence-corrected chi connectivity index (χ3v) is 5.58. The second-order valence-electron chi connectivity index (χ2n) is 7.67. The monoisotopic (exact) mass is 426 g/mol. The molecule has 164 valence electrons. The van der Waals surface area contributed by atoms with E-state index in [1.165, 1.54) is 18.5 Å². The minimum atomic E-state index is -0.214. The predicted octanol–water partition coefficient (Wildman–Crippen LogP) is 2.39. The van der Waals surface area contributed by atoms with Gasteiger partial charge in [-0.1, -0.05) is 12.1 Å². The van der Waals surface area contributed by atoms with Gasteiger partial charge >= 0.3 is 5.97 Å². The fourth-order valence-corrected chi connectivity index (χ4v) is 4.01. The van der Waals surface area contributed by atoms with E-state index in [2.05, 4.69) is 24.9 Å². The van der Waals surface area contributed by atoms with Crippen LogP contribution in [0.3, 0.4) is 0 Å². The number of fused-ring (bicyclic) bond motifs is 1. The Labute approximate surface area is 180 Å². The van der Waals surface area contributed by atoms with Gasteiger partial charge in [-0.25, -0.2) is 9.37 Å². The number of aryl methyl sites for hydroxylation is 1. The number of rotatable bonds is 7. The van der Waals surface area contributed by atoms with Gasteiger partial charge in [0.15, 0.2) is 0 Å². The molecule has 3 heterocycles. The van der Waals surface area contributed by atoms with Crippen LogP contribution < -0.4 is 4.90 Å². The molecule has 1 aliphatic heterocycles. The molecule has 31 heavy (non-hydrogen) atoms. The Morgan fingerprint density at radius 2 is 1.90 bits per heavy atom. The summed E-state index contributed by atoms with van der Waals surface area (Å²) in [7, 11) is 0. The lowest BCUT2D eigenvalue weighted by Gasteiger charge is -2.37. The van der Waals surface area contributed by atoms with Crippen LogP contribution in [-0.2, 0) is 22.5 Å². The molecule has 0 N–H and O–H groups in total. The Balaban J connectivity index is 1.51. The summed E-state index contributed by atoms with van der Waals surface area (Å²) in [5.41, 5.74) is 2.95.